The average molecular weight is 765 g/mol. The molecule has 3 aliphatic rings. The number of alkyl carbamates (subject to hydrolysis) is 1. The average Bonchev–Trinajstić information content (AvgIpc) is 3.67. The number of fused-ring (bicyclic) bond motifs is 1. The molecule has 3 N–H and O–H groups in total. The summed E-state index contributed by atoms with van der Waals surface area (Å²) in [4.78, 5) is 64.1. The number of ether oxygens (including phenoxy) is 1. The van der Waals surface area contributed by atoms with Crippen molar-refractivity contribution >= 4 is 45.3 Å². The number of amides is 4. The Balaban J connectivity index is 0.000000510. The van der Waals surface area contributed by atoms with Gasteiger partial charge in [-0.1, -0.05) is 65.8 Å². The summed E-state index contributed by atoms with van der Waals surface area (Å²) in [6.45, 7) is 22.6. The van der Waals surface area contributed by atoms with Gasteiger partial charge >= 0.3 is 12.2 Å². The highest BCUT2D eigenvalue weighted by molar-refractivity contribution is 7.92. The first-order valence-electron chi connectivity index (χ1n) is 18.6. The van der Waals surface area contributed by atoms with Gasteiger partial charge in [-0.05, 0) is 89.7 Å². The van der Waals surface area contributed by atoms with Crippen molar-refractivity contribution in [3.8, 4) is 0 Å². The van der Waals surface area contributed by atoms with Gasteiger partial charge in [-0.3, -0.25) is 19.3 Å². The number of carbonyl (C=O) groups excluding carboxylic acids is 4. The quantitative estimate of drug-likeness (QED) is 0.231. The number of allylic oxidation sites excluding steroid dienone is 1. The molecule has 0 spiro atoms. The van der Waals surface area contributed by atoms with E-state index in [-0.39, 0.29) is 22.8 Å². The number of rotatable bonds is 10. The molecule has 4 rings (SSSR count). The van der Waals surface area contributed by atoms with E-state index < -0.39 is 51.2 Å². The standard InChI is InChI=1S/C23H39N3O5.C9H9NO2.C5H10O2S.C2H6/c1-9-10-12-16(15(2)27)24-19(28)17-13-11-14-26(17)20(29)18(22(3,4)5)25-21(30)31-23(6,7)8;11-9(12)10-6-5-7-3-1-2-4-8(7)10;1-2-8(6,7)5-3-4-5;1-2/h9,16-18H,1,10-14H2,2-8H3,(H,24,28)(H,25,30);1-4H,5-6H2,(H,11,12);5H,2-4H2,1H3;1-2H3/t16-,17?,18+;;;/m0.../s1. The predicted molar refractivity (Wildman–Crippen MR) is 209 cm³/mol. The summed E-state index contributed by atoms with van der Waals surface area (Å²) in [5.74, 6) is -0.496. The molecule has 13 nitrogen and oxygen atoms in total. The maximum Gasteiger partial charge on any atom is 0.411 e. The predicted octanol–water partition coefficient (Wildman–Crippen LogP) is 6.29. The van der Waals surface area contributed by atoms with Crippen LogP contribution in [-0.2, 0) is 35.4 Å². The van der Waals surface area contributed by atoms with Gasteiger partial charge in [0.15, 0.2) is 15.6 Å². The van der Waals surface area contributed by atoms with E-state index >= 15 is 0 Å². The van der Waals surface area contributed by atoms with E-state index in [0.717, 1.165) is 30.5 Å². The molecule has 2 heterocycles. The van der Waals surface area contributed by atoms with Gasteiger partial charge in [-0.15, -0.1) is 6.58 Å². The first kappa shape index (κ1) is 47.1. The molecule has 2 fully saturated rings. The summed E-state index contributed by atoms with van der Waals surface area (Å²) in [6.07, 6.45) is 5.04. The Hall–Kier alpha value is -3.94. The summed E-state index contributed by atoms with van der Waals surface area (Å²) >= 11 is 0. The number of hydrogen-bond donors (Lipinski definition) is 3. The minimum atomic E-state index is -2.62. The normalized spacial score (nSPS) is 17.5. The van der Waals surface area contributed by atoms with Crippen LogP contribution in [0.1, 0.15) is 113 Å². The van der Waals surface area contributed by atoms with Crippen molar-refractivity contribution in [3.05, 3.63) is 42.5 Å². The minimum absolute atomic E-state index is 0.0347. The van der Waals surface area contributed by atoms with E-state index in [1.165, 1.54) is 16.7 Å². The van der Waals surface area contributed by atoms with Gasteiger partial charge in [-0.25, -0.2) is 18.0 Å². The van der Waals surface area contributed by atoms with E-state index in [9.17, 15) is 32.4 Å². The van der Waals surface area contributed by atoms with Crippen LogP contribution >= 0.6 is 0 Å². The molecule has 53 heavy (non-hydrogen) atoms. The molecule has 1 aromatic rings. The maximum atomic E-state index is 13.4. The monoisotopic (exact) mass is 764 g/mol. The number of anilines is 1. The Kier molecular flexibility index (Phi) is 18.7. The van der Waals surface area contributed by atoms with Crippen molar-refractivity contribution in [2.75, 3.05) is 23.7 Å². The fourth-order valence-corrected chi connectivity index (χ4v) is 7.00. The van der Waals surface area contributed by atoms with E-state index in [1.54, 1.807) is 33.8 Å². The Labute approximate surface area is 317 Å². The highest BCUT2D eigenvalue weighted by Gasteiger charge is 2.43. The van der Waals surface area contributed by atoms with Crippen molar-refractivity contribution in [3.63, 3.8) is 0 Å². The highest BCUT2D eigenvalue weighted by atomic mass is 32.2. The summed E-state index contributed by atoms with van der Waals surface area (Å²) in [5, 5.41) is 14.3. The number of likely N-dealkylation sites (tertiary alicyclic amines) is 1. The number of ketones is 1. The molecule has 0 aromatic heterocycles. The van der Waals surface area contributed by atoms with Crippen LogP contribution in [-0.4, -0.2) is 96.0 Å². The van der Waals surface area contributed by atoms with Crippen LogP contribution in [0.25, 0.3) is 0 Å². The Morgan fingerprint density at radius 1 is 1.00 bits per heavy atom. The van der Waals surface area contributed by atoms with Crippen molar-refractivity contribution < 1.29 is 42.2 Å². The number of carbonyl (C=O) groups is 5. The van der Waals surface area contributed by atoms with Crippen molar-refractivity contribution in [1.82, 2.24) is 15.5 Å². The van der Waals surface area contributed by atoms with Gasteiger partial charge in [0.2, 0.25) is 11.8 Å². The summed E-state index contributed by atoms with van der Waals surface area (Å²) in [7, 11) is -2.62. The lowest BCUT2D eigenvalue weighted by molar-refractivity contribution is -0.142. The van der Waals surface area contributed by atoms with Crippen molar-refractivity contribution in [2.45, 2.75) is 143 Å². The smallest absolute Gasteiger partial charge is 0.411 e. The molecule has 2 aliphatic heterocycles. The lowest BCUT2D eigenvalue weighted by Crippen LogP contribution is -2.58. The zero-order valence-electron chi connectivity index (χ0n) is 33.5. The second-order valence-electron chi connectivity index (χ2n) is 15.1. The zero-order valence-corrected chi connectivity index (χ0v) is 34.3. The third-order valence-corrected chi connectivity index (χ3v) is 10.9. The van der Waals surface area contributed by atoms with Crippen LogP contribution in [0.3, 0.4) is 0 Å². The first-order valence-corrected chi connectivity index (χ1v) is 20.4. The van der Waals surface area contributed by atoms with Gasteiger partial charge in [0.25, 0.3) is 0 Å². The van der Waals surface area contributed by atoms with Crippen LogP contribution in [0, 0.1) is 5.41 Å². The SMILES string of the molecule is C=CCC[C@H](NC(=O)C1CCCN1C(=O)[C@@H](NC(=O)OC(C)(C)C)C(C)(C)C)C(C)=O.CC.CCS(=O)(=O)C1CC1.O=C(O)N1CCc2ccccc21. The third kappa shape index (κ3) is 15.5. The molecule has 4 amide bonds. The van der Waals surface area contributed by atoms with Crippen LogP contribution in [0.5, 0.6) is 0 Å². The summed E-state index contributed by atoms with van der Waals surface area (Å²) in [6, 6.07) is 5.46. The van der Waals surface area contributed by atoms with Crippen LogP contribution in [0.15, 0.2) is 36.9 Å². The molecule has 300 valence electrons. The molecule has 1 aliphatic carbocycles. The zero-order chi connectivity index (χ0) is 40.7. The highest BCUT2D eigenvalue weighted by Crippen LogP contribution is 2.29. The Morgan fingerprint density at radius 3 is 2.08 bits per heavy atom. The van der Waals surface area contributed by atoms with Crippen LogP contribution < -0.4 is 15.5 Å². The molecular weight excluding hydrogens is 701 g/mol. The molecule has 1 saturated heterocycles. The Morgan fingerprint density at radius 2 is 1.60 bits per heavy atom. The molecule has 1 aromatic carbocycles. The number of carboxylic acid groups (broad SMARTS) is 1. The van der Waals surface area contributed by atoms with E-state index in [4.69, 9.17) is 9.84 Å². The van der Waals surface area contributed by atoms with E-state index in [2.05, 4.69) is 17.2 Å². The van der Waals surface area contributed by atoms with Gasteiger partial charge in [0, 0.05) is 18.8 Å². The number of benzene rings is 1. The summed E-state index contributed by atoms with van der Waals surface area (Å²) < 4.78 is 26.8. The minimum Gasteiger partial charge on any atom is -0.465 e. The Bertz CT molecular complexity index is 1510. The van der Waals surface area contributed by atoms with Gasteiger partial charge in [0.05, 0.1) is 17.0 Å². The molecule has 0 bridgehead atoms. The maximum absolute atomic E-state index is 13.4. The number of para-hydroxylation sites is 1. The second kappa shape index (κ2) is 21.1. The number of hydrogen-bond acceptors (Lipinski definition) is 8. The molecule has 1 saturated carbocycles. The number of nitrogens with one attached hydrogen (secondary N) is 2. The van der Waals surface area contributed by atoms with Gasteiger partial charge in [0.1, 0.15) is 17.7 Å². The number of Topliss-reactive ketones (excluding diaryl/α,β-unsaturated/α-hetero) is 1. The topological polar surface area (TPSA) is 179 Å². The fourth-order valence-electron chi connectivity index (χ4n) is 5.67. The lowest BCUT2D eigenvalue weighted by Gasteiger charge is -2.36. The van der Waals surface area contributed by atoms with Crippen molar-refractivity contribution in [2.24, 2.45) is 5.41 Å². The molecule has 14 heteroatoms. The number of nitrogens with zero attached hydrogens (tertiary/aromatic N) is 2. The van der Waals surface area contributed by atoms with Crippen LogP contribution in [0.2, 0.25) is 0 Å². The van der Waals surface area contributed by atoms with Gasteiger partial charge < -0.3 is 25.4 Å². The fraction of sp³-hybridized carbons (Fsp3) is 0.667. The van der Waals surface area contributed by atoms with Gasteiger partial charge in [-0.2, -0.15) is 0 Å². The first-order chi connectivity index (χ1) is 24.6. The molecule has 1 unspecified atom stereocenters. The van der Waals surface area contributed by atoms with Crippen LogP contribution in [0.4, 0.5) is 15.3 Å². The molecular formula is C39H64N4O9S. The summed E-state index contributed by atoms with van der Waals surface area (Å²) in [5.41, 5.74) is 0.673. The second-order valence-corrected chi connectivity index (χ2v) is 17.7. The third-order valence-electron chi connectivity index (χ3n) is 8.63. The largest absolute Gasteiger partial charge is 0.465 e. The lowest BCUT2D eigenvalue weighted by atomic mass is 9.85. The molecule has 3 atom stereocenters. The van der Waals surface area contributed by atoms with E-state index in [0.29, 0.717) is 44.5 Å². The van der Waals surface area contributed by atoms with Crippen molar-refractivity contribution in [1.29, 1.82) is 0 Å². The molecule has 0 radical (unpaired) electrons. The number of sulfone groups is 1. The van der Waals surface area contributed by atoms with E-state index in [1.807, 2.05) is 58.9 Å².